The van der Waals surface area contributed by atoms with Gasteiger partial charge in [0.05, 0.1) is 11.4 Å². The monoisotopic (exact) mass is 397 g/mol. The molecule has 0 spiro atoms. The summed E-state index contributed by atoms with van der Waals surface area (Å²) < 4.78 is 14.8. The van der Waals surface area contributed by atoms with Gasteiger partial charge >= 0.3 is 0 Å². The van der Waals surface area contributed by atoms with Crippen LogP contribution in [-0.4, -0.2) is 25.2 Å². The first-order valence-electron chi connectivity index (χ1n) is 8.29. The number of hydrogen-bond acceptors (Lipinski definition) is 6. The Hall–Kier alpha value is -2.58. The Kier molecular flexibility index (Phi) is 5.00. The summed E-state index contributed by atoms with van der Waals surface area (Å²) in [5.74, 6) is 0.410. The number of hydrogen-bond donors (Lipinski definition) is 0. The fourth-order valence-electron chi connectivity index (χ4n) is 2.60. The third kappa shape index (κ3) is 3.91. The lowest BCUT2D eigenvalue weighted by Crippen LogP contribution is -2.02. The molecule has 27 heavy (non-hydrogen) atoms. The minimum absolute atomic E-state index is 0.246. The normalized spacial score (nSPS) is 11.1. The minimum atomic E-state index is -0.246. The van der Waals surface area contributed by atoms with Crippen molar-refractivity contribution in [1.29, 1.82) is 0 Å². The Labute approximate surface area is 164 Å². The molecule has 0 aliphatic rings. The second kappa shape index (κ2) is 7.58. The van der Waals surface area contributed by atoms with Crippen LogP contribution in [0.4, 0.5) is 4.39 Å². The lowest BCUT2D eigenvalue weighted by molar-refractivity contribution is 0.628. The van der Waals surface area contributed by atoms with Crippen molar-refractivity contribution in [2.45, 2.75) is 24.8 Å². The summed E-state index contributed by atoms with van der Waals surface area (Å²) in [7, 11) is 0. The third-order valence-electron chi connectivity index (χ3n) is 4.03. The van der Waals surface area contributed by atoms with E-state index in [1.54, 1.807) is 28.2 Å². The summed E-state index contributed by atoms with van der Waals surface area (Å²) >= 11 is 3.08. The van der Waals surface area contributed by atoms with E-state index in [0.29, 0.717) is 5.75 Å². The predicted octanol–water partition coefficient (Wildman–Crippen LogP) is 4.83. The summed E-state index contributed by atoms with van der Waals surface area (Å²) in [6.07, 6.45) is 0. The Morgan fingerprint density at radius 2 is 1.93 bits per heavy atom. The van der Waals surface area contributed by atoms with Gasteiger partial charge in [-0.3, -0.25) is 0 Å². The Morgan fingerprint density at radius 3 is 2.74 bits per heavy atom. The molecular weight excluding hydrogens is 381 g/mol. The van der Waals surface area contributed by atoms with Gasteiger partial charge in [0.2, 0.25) is 5.16 Å². The number of aryl methyl sites for hydroxylation is 2. The molecule has 2 heterocycles. The molecule has 2 aromatic carbocycles. The molecule has 8 heteroatoms. The molecule has 0 aliphatic heterocycles. The van der Waals surface area contributed by atoms with Crippen LogP contribution in [0.25, 0.3) is 16.3 Å². The van der Waals surface area contributed by atoms with Crippen LogP contribution in [0.1, 0.15) is 16.8 Å². The maximum atomic E-state index is 13.1. The second-order valence-corrected chi connectivity index (χ2v) is 7.90. The van der Waals surface area contributed by atoms with Crippen LogP contribution in [0.3, 0.4) is 0 Å². The molecule has 0 bridgehead atoms. The zero-order valence-electron chi connectivity index (χ0n) is 14.8. The zero-order chi connectivity index (χ0) is 18.8. The van der Waals surface area contributed by atoms with Crippen LogP contribution in [0, 0.1) is 19.7 Å². The number of aromatic nitrogens is 5. The fourth-order valence-corrected chi connectivity index (χ4v) is 4.31. The summed E-state index contributed by atoms with van der Waals surface area (Å²) in [5.41, 5.74) is 5.11. The smallest absolute Gasteiger partial charge is 0.214 e. The summed E-state index contributed by atoms with van der Waals surface area (Å²) in [4.78, 5) is 4.64. The van der Waals surface area contributed by atoms with Crippen molar-refractivity contribution in [3.63, 3.8) is 0 Å². The Balaban J connectivity index is 1.51. The van der Waals surface area contributed by atoms with Crippen molar-refractivity contribution in [3.8, 4) is 16.3 Å². The molecule has 4 rings (SSSR count). The van der Waals surface area contributed by atoms with E-state index in [9.17, 15) is 4.39 Å². The van der Waals surface area contributed by atoms with Gasteiger partial charge in [-0.2, -0.15) is 4.68 Å². The maximum Gasteiger partial charge on any atom is 0.214 e. The van der Waals surface area contributed by atoms with E-state index >= 15 is 0 Å². The molecule has 0 radical (unpaired) electrons. The highest BCUT2D eigenvalue weighted by atomic mass is 32.2. The van der Waals surface area contributed by atoms with Crippen LogP contribution >= 0.6 is 23.1 Å². The van der Waals surface area contributed by atoms with Gasteiger partial charge in [0, 0.05) is 16.7 Å². The fraction of sp³-hybridized carbons (Fsp3) is 0.158. The molecule has 0 saturated heterocycles. The molecular formula is C19H16FN5S2. The maximum absolute atomic E-state index is 13.1. The molecule has 0 atom stereocenters. The molecule has 0 saturated carbocycles. The van der Waals surface area contributed by atoms with E-state index in [4.69, 9.17) is 0 Å². The van der Waals surface area contributed by atoms with Crippen LogP contribution in [0.2, 0.25) is 0 Å². The number of rotatable bonds is 5. The van der Waals surface area contributed by atoms with Gasteiger partial charge in [0.1, 0.15) is 10.8 Å². The number of halogens is 1. The van der Waals surface area contributed by atoms with Gasteiger partial charge in [0.15, 0.2) is 0 Å². The topological polar surface area (TPSA) is 56.5 Å². The van der Waals surface area contributed by atoms with Gasteiger partial charge in [0.25, 0.3) is 0 Å². The molecule has 2 aromatic heterocycles. The van der Waals surface area contributed by atoms with Crippen molar-refractivity contribution >= 4 is 23.1 Å². The lowest BCUT2D eigenvalue weighted by Gasteiger charge is -2.08. The van der Waals surface area contributed by atoms with Crippen molar-refractivity contribution in [1.82, 2.24) is 25.2 Å². The van der Waals surface area contributed by atoms with Crippen molar-refractivity contribution in [2.75, 3.05) is 0 Å². The number of tetrazole rings is 1. The first-order valence-corrected chi connectivity index (χ1v) is 10.2. The average molecular weight is 398 g/mol. The van der Waals surface area contributed by atoms with E-state index in [-0.39, 0.29) is 5.82 Å². The van der Waals surface area contributed by atoms with Crippen molar-refractivity contribution in [3.05, 3.63) is 70.5 Å². The van der Waals surface area contributed by atoms with Crippen molar-refractivity contribution in [2.24, 2.45) is 0 Å². The van der Waals surface area contributed by atoms with Crippen LogP contribution < -0.4 is 0 Å². The van der Waals surface area contributed by atoms with Gasteiger partial charge in [-0.25, -0.2) is 9.37 Å². The standard InChI is InChI=1S/C19H16FN5S2/c1-12-3-4-13(2)17(9-12)25-19(22-23-24-25)27-11-16-10-26-18(21-16)14-5-7-15(20)8-6-14/h3-10H,11H2,1-2H3. The number of thioether (sulfide) groups is 1. The Bertz CT molecular complexity index is 1070. The molecule has 0 unspecified atom stereocenters. The van der Waals surface area contributed by atoms with Gasteiger partial charge in [-0.1, -0.05) is 23.9 Å². The molecule has 0 aliphatic carbocycles. The molecule has 5 nitrogen and oxygen atoms in total. The first kappa shape index (κ1) is 17.8. The average Bonchev–Trinajstić information content (AvgIpc) is 3.32. The van der Waals surface area contributed by atoms with E-state index < -0.39 is 0 Å². The molecule has 0 fully saturated rings. The molecule has 0 amide bonds. The zero-order valence-corrected chi connectivity index (χ0v) is 16.4. The minimum Gasteiger partial charge on any atom is -0.240 e. The van der Waals surface area contributed by atoms with E-state index in [2.05, 4.69) is 38.7 Å². The molecule has 4 aromatic rings. The summed E-state index contributed by atoms with van der Waals surface area (Å²) in [6.45, 7) is 4.09. The lowest BCUT2D eigenvalue weighted by atomic mass is 10.1. The van der Waals surface area contributed by atoms with Gasteiger partial charge in [-0.15, -0.1) is 16.4 Å². The molecule has 136 valence electrons. The van der Waals surface area contributed by atoms with E-state index in [1.807, 2.05) is 19.2 Å². The number of thiazole rings is 1. The van der Waals surface area contributed by atoms with Gasteiger partial charge < -0.3 is 0 Å². The van der Waals surface area contributed by atoms with E-state index in [0.717, 1.165) is 38.2 Å². The summed E-state index contributed by atoms with van der Waals surface area (Å²) in [6, 6.07) is 12.6. The first-order chi connectivity index (χ1) is 13.1. The van der Waals surface area contributed by atoms with Crippen molar-refractivity contribution < 1.29 is 4.39 Å². The molecule has 0 N–H and O–H groups in total. The second-order valence-electron chi connectivity index (χ2n) is 6.10. The van der Waals surface area contributed by atoms with Crippen LogP contribution in [0.5, 0.6) is 0 Å². The highest BCUT2D eigenvalue weighted by Crippen LogP contribution is 2.28. The van der Waals surface area contributed by atoms with Crippen LogP contribution in [0.15, 0.2) is 53.0 Å². The Morgan fingerprint density at radius 1 is 1.11 bits per heavy atom. The highest BCUT2D eigenvalue weighted by molar-refractivity contribution is 7.98. The predicted molar refractivity (Wildman–Crippen MR) is 106 cm³/mol. The van der Waals surface area contributed by atoms with Gasteiger partial charge in [-0.05, 0) is 65.7 Å². The SMILES string of the molecule is Cc1ccc(C)c(-n2nnnc2SCc2csc(-c3ccc(F)cc3)n2)c1. The summed E-state index contributed by atoms with van der Waals surface area (Å²) in [5, 5.41) is 15.7. The van der Waals surface area contributed by atoms with Crippen LogP contribution in [-0.2, 0) is 5.75 Å². The quantitative estimate of drug-likeness (QED) is 0.451. The number of nitrogens with zero attached hydrogens (tertiary/aromatic N) is 5. The highest BCUT2D eigenvalue weighted by Gasteiger charge is 2.13. The largest absolute Gasteiger partial charge is 0.240 e. The van der Waals surface area contributed by atoms with E-state index in [1.165, 1.54) is 23.9 Å². The third-order valence-corrected chi connectivity index (χ3v) is 5.92. The number of benzene rings is 2.